The number of rotatable bonds is 2. The van der Waals surface area contributed by atoms with Crippen LogP contribution in [0, 0.1) is 6.92 Å². The predicted octanol–water partition coefficient (Wildman–Crippen LogP) is 3.01. The normalized spacial score (nSPS) is 23.7. The molecule has 1 saturated carbocycles. The van der Waals surface area contributed by atoms with Gasteiger partial charge in [0.2, 0.25) is 0 Å². The Morgan fingerprint density at radius 2 is 2.11 bits per heavy atom. The van der Waals surface area contributed by atoms with Gasteiger partial charge in [-0.1, -0.05) is 18.9 Å². The molecule has 0 bridgehead atoms. The molecule has 1 aliphatic carbocycles. The topological polar surface area (TPSA) is 33.2 Å². The Morgan fingerprint density at radius 3 is 2.78 bits per heavy atom. The second kappa shape index (κ2) is 5.70. The van der Waals surface area contributed by atoms with E-state index in [2.05, 4.69) is 4.98 Å². The van der Waals surface area contributed by atoms with Crippen LogP contribution in [-0.2, 0) is 0 Å². The third-order valence-corrected chi connectivity index (χ3v) is 4.08. The molecule has 0 saturated heterocycles. The minimum absolute atomic E-state index is 0.0312. The molecule has 0 aliphatic heterocycles. The average Bonchev–Trinajstić information content (AvgIpc) is 2.37. The van der Waals surface area contributed by atoms with Gasteiger partial charge in [0.25, 0.3) is 5.91 Å². The van der Waals surface area contributed by atoms with E-state index in [0.29, 0.717) is 5.69 Å². The van der Waals surface area contributed by atoms with Crippen LogP contribution in [0.1, 0.15) is 41.9 Å². The van der Waals surface area contributed by atoms with Crippen LogP contribution < -0.4 is 0 Å². The molecule has 1 heterocycles. The van der Waals surface area contributed by atoms with Crippen molar-refractivity contribution in [3.8, 4) is 0 Å². The second-order valence-electron chi connectivity index (χ2n) is 4.95. The predicted molar refractivity (Wildman–Crippen MR) is 73.0 cm³/mol. The van der Waals surface area contributed by atoms with E-state index in [-0.39, 0.29) is 17.3 Å². The van der Waals surface area contributed by atoms with E-state index in [0.717, 1.165) is 31.4 Å². The van der Waals surface area contributed by atoms with Crippen LogP contribution in [0.3, 0.4) is 0 Å². The molecule has 98 valence electrons. The standard InChI is InChI=1S/C14H19ClN2O/c1-10-6-5-8-12(16-10)14(18)17(2)13-9-4-3-7-11(13)15/h5-6,8,11,13H,3-4,7,9H2,1-2H3. The number of halogens is 1. The number of carbonyl (C=O) groups excluding carboxylic acids is 1. The average molecular weight is 267 g/mol. The summed E-state index contributed by atoms with van der Waals surface area (Å²) in [7, 11) is 1.83. The molecule has 2 rings (SSSR count). The Kier molecular flexibility index (Phi) is 4.23. The van der Waals surface area contributed by atoms with Crippen molar-refractivity contribution >= 4 is 17.5 Å². The molecule has 1 fully saturated rings. The number of alkyl halides is 1. The number of amides is 1. The molecular weight excluding hydrogens is 248 g/mol. The summed E-state index contributed by atoms with van der Waals surface area (Å²) in [5.74, 6) is -0.0312. The summed E-state index contributed by atoms with van der Waals surface area (Å²) in [6.07, 6.45) is 4.29. The van der Waals surface area contributed by atoms with Gasteiger partial charge in [-0.05, 0) is 31.9 Å². The third kappa shape index (κ3) is 2.83. The largest absolute Gasteiger partial charge is 0.336 e. The first-order chi connectivity index (χ1) is 8.59. The van der Waals surface area contributed by atoms with Crippen LogP contribution in [0.15, 0.2) is 18.2 Å². The van der Waals surface area contributed by atoms with Crippen LogP contribution in [0.2, 0.25) is 0 Å². The van der Waals surface area contributed by atoms with Crippen LogP contribution in [0.4, 0.5) is 0 Å². The molecule has 0 radical (unpaired) electrons. The van der Waals surface area contributed by atoms with Crippen LogP contribution >= 0.6 is 11.6 Å². The van der Waals surface area contributed by atoms with E-state index in [4.69, 9.17) is 11.6 Å². The van der Waals surface area contributed by atoms with Crippen molar-refractivity contribution in [2.75, 3.05) is 7.05 Å². The summed E-state index contributed by atoms with van der Waals surface area (Å²) < 4.78 is 0. The fourth-order valence-electron chi connectivity index (χ4n) is 2.50. The molecule has 2 unspecified atom stereocenters. The zero-order valence-electron chi connectivity index (χ0n) is 10.9. The Hall–Kier alpha value is -1.09. The van der Waals surface area contributed by atoms with Gasteiger partial charge in [-0.3, -0.25) is 4.79 Å². The highest BCUT2D eigenvalue weighted by Crippen LogP contribution is 2.27. The quantitative estimate of drug-likeness (QED) is 0.771. The number of hydrogen-bond donors (Lipinski definition) is 0. The van der Waals surface area contributed by atoms with Crippen molar-refractivity contribution in [1.82, 2.24) is 9.88 Å². The zero-order chi connectivity index (χ0) is 13.1. The van der Waals surface area contributed by atoms with Gasteiger partial charge in [-0.2, -0.15) is 0 Å². The maximum atomic E-state index is 12.3. The van der Waals surface area contributed by atoms with E-state index < -0.39 is 0 Å². The van der Waals surface area contributed by atoms with Crippen molar-refractivity contribution in [3.63, 3.8) is 0 Å². The fourth-order valence-corrected chi connectivity index (χ4v) is 2.95. The number of carbonyl (C=O) groups is 1. The maximum Gasteiger partial charge on any atom is 0.272 e. The van der Waals surface area contributed by atoms with E-state index in [1.165, 1.54) is 0 Å². The zero-order valence-corrected chi connectivity index (χ0v) is 11.7. The van der Waals surface area contributed by atoms with Crippen molar-refractivity contribution in [2.24, 2.45) is 0 Å². The summed E-state index contributed by atoms with van der Waals surface area (Å²) in [6.45, 7) is 1.89. The highest BCUT2D eigenvalue weighted by Gasteiger charge is 2.30. The van der Waals surface area contributed by atoms with Gasteiger partial charge in [0.15, 0.2) is 0 Å². The minimum Gasteiger partial charge on any atom is -0.336 e. The van der Waals surface area contributed by atoms with Crippen molar-refractivity contribution in [1.29, 1.82) is 0 Å². The van der Waals surface area contributed by atoms with Gasteiger partial charge in [-0.15, -0.1) is 11.6 Å². The van der Waals surface area contributed by atoms with E-state index in [1.54, 1.807) is 11.0 Å². The highest BCUT2D eigenvalue weighted by atomic mass is 35.5. The monoisotopic (exact) mass is 266 g/mol. The van der Waals surface area contributed by atoms with Gasteiger partial charge in [-0.25, -0.2) is 4.98 Å². The summed E-state index contributed by atoms with van der Waals surface area (Å²) in [4.78, 5) is 18.4. The van der Waals surface area contributed by atoms with Crippen LogP contribution in [-0.4, -0.2) is 34.3 Å². The first-order valence-corrected chi connectivity index (χ1v) is 6.88. The fraction of sp³-hybridized carbons (Fsp3) is 0.571. The van der Waals surface area contributed by atoms with E-state index >= 15 is 0 Å². The molecule has 1 aromatic rings. The summed E-state index contributed by atoms with van der Waals surface area (Å²) in [6, 6.07) is 5.65. The van der Waals surface area contributed by atoms with Crippen LogP contribution in [0.25, 0.3) is 0 Å². The van der Waals surface area contributed by atoms with Crippen molar-refractivity contribution in [2.45, 2.75) is 44.0 Å². The molecular formula is C14H19ClN2O. The maximum absolute atomic E-state index is 12.3. The molecule has 1 aliphatic rings. The van der Waals surface area contributed by atoms with Gasteiger partial charge >= 0.3 is 0 Å². The SMILES string of the molecule is Cc1cccc(C(=O)N(C)C2CCCCC2Cl)n1. The first kappa shape index (κ1) is 13.3. The van der Waals surface area contributed by atoms with Crippen molar-refractivity contribution in [3.05, 3.63) is 29.6 Å². The lowest BCUT2D eigenvalue weighted by Crippen LogP contribution is -2.44. The molecule has 3 nitrogen and oxygen atoms in total. The second-order valence-corrected chi connectivity index (χ2v) is 5.51. The van der Waals surface area contributed by atoms with Gasteiger partial charge in [0.05, 0.1) is 5.38 Å². The molecule has 1 amide bonds. The lowest BCUT2D eigenvalue weighted by atomic mass is 9.93. The van der Waals surface area contributed by atoms with E-state index in [9.17, 15) is 4.79 Å². The highest BCUT2D eigenvalue weighted by molar-refractivity contribution is 6.21. The lowest BCUT2D eigenvalue weighted by Gasteiger charge is -2.34. The number of hydrogen-bond acceptors (Lipinski definition) is 2. The number of nitrogens with zero attached hydrogens (tertiary/aromatic N) is 2. The summed E-state index contributed by atoms with van der Waals surface area (Å²) >= 11 is 6.33. The third-order valence-electron chi connectivity index (χ3n) is 3.57. The molecule has 2 atom stereocenters. The van der Waals surface area contributed by atoms with Gasteiger partial charge < -0.3 is 4.90 Å². The molecule has 1 aromatic heterocycles. The van der Waals surface area contributed by atoms with E-state index in [1.807, 2.05) is 26.1 Å². The Bertz CT molecular complexity index is 436. The number of pyridine rings is 1. The summed E-state index contributed by atoms with van der Waals surface area (Å²) in [5, 5.41) is 0.0671. The molecule has 0 spiro atoms. The van der Waals surface area contributed by atoms with Gasteiger partial charge in [0.1, 0.15) is 5.69 Å². The minimum atomic E-state index is -0.0312. The summed E-state index contributed by atoms with van der Waals surface area (Å²) in [5.41, 5.74) is 1.37. The molecule has 4 heteroatoms. The molecule has 18 heavy (non-hydrogen) atoms. The Morgan fingerprint density at radius 1 is 1.39 bits per heavy atom. The molecule has 0 aromatic carbocycles. The number of aromatic nitrogens is 1. The number of aryl methyl sites for hydroxylation is 1. The Balaban J connectivity index is 2.13. The molecule has 0 N–H and O–H groups in total. The van der Waals surface area contributed by atoms with Crippen LogP contribution in [0.5, 0.6) is 0 Å². The Labute approximate surface area is 113 Å². The first-order valence-electron chi connectivity index (χ1n) is 6.44. The van der Waals surface area contributed by atoms with Crippen molar-refractivity contribution < 1.29 is 4.79 Å². The smallest absolute Gasteiger partial charge is 0.272 e. The lowest BCUT2D eigenvalue weighted by molar-refractivity contribution is 0.0694. The van der Waals surface area contributed by atoms with Gasteiger partial charge in [0, 0.05) is 18.8 Å².